The van der Waals surface area contributed by atoms with E-state index >= 15 is 0 Å². The largest absolute Gasteiger partial charge is 0.508 e. The average molecular weight is 357 g/mol. The Hall–Kier alpha value is -2.54. The van der Waals surface area contributed by atoms with Crippen LogP contribution in [-0.2, 0) is 0 Å². The van der Waals surface area contributed by atoms with Crippen molar-refractivity contribution in [1.29, 1.82) is 0 Å². The number of guanidine groups is 1. The second-order valence-corrected chi connectivity index (χ2v) is 6.59. The fourth-order valence-electron chi connectivity index (χ4n) is 3.42. The number of aromatic hydroxyl groups is 1. The van der Waals surface area contributed by atoms with Crippen molar-refractivity contribution >= 4 is 11.9 Å². The Bertz CT molecular complexity index is 663. The number of carbonyl (C=O) groups is 1. The maximum Gasteiger partial charge on any atom is 0.251 e. The first kappa shape index (κ1) is 18.3. The fourth-order valence-corrected chi connectivity index (χ4v) is 3.42. The van der Waals surface area contributed by atoms with Gasteiger partial charge >= 0.3 is 0 Å². The molecule has 1 saturated heterocycles. The van der Waals surface area contributed by atoms with E-state index in [2.05, 4.69) is 37.6 Å². The SMILES string of the molecule is CN=C(NCCNC(=O)c1ccc(O)cc1)N1CCC(N2CC=CC2)C1. The molecule has 1 amide bonds. The smallest absolute Gasteiger partial charge is 0.251 e. The van der Waals surface area contributed by atoms with E-state index in [0.717, 1.165) is 38.6 Å². The van der Waals surface area contributed by atoms with E-state index in [1.807, 2.05) is 0 Å². The summed E-state index contributed by atoms with van der Waals surface area (Å²) >= 11 is 0. The number of aliphatic imine (C=N–C) groups is 1. The topological polar surface area (TPSA) is 80.2 Å². The van der Waals surface area contributed by atoms with E-state index in [4.69, 9.17) is 0 Å². The summed E-state index contributed by atoms with van der Waals surface area (Å²) < 4.78 is 0. The standard InChI is InChI=1S/C19H27N5O2/c1-20-19(24-13-8-16(14-24)23-11-2-3-12-23)22-10-9-21-18(26)15-4-6-17(25)7-5-15/h2-7,16,25H,8-14H2,1H3,(H,20,22)(H,21,26). The highest BCUT2D eigenvalue weighted by atomic mass is 16.3. The highest BCUT2D eigenvalue weighted by molar-refractivity contribution is 5.94. The van der Waals surface area contributed by atoms with Gasteiger partial charge in [0.05, 0.1) is 0 Å². The van der Waals surface area contributed by atoms with Crippen LogP contribution < -0.4 is 10.6 Å². The van der Waals surface area contributed by atoms with E-state index in [1.165, 1.54) is 12.1 Å². The minimum atomic E-state index is -0.149. The molecular formula is C19H27N5O2. The molecule has 1 aromatic carbocycles. The molecule has 140 valence electrons. The Kier molecular flexibility index (Phi) is 6.12. The molecule has 1 unspecified atom stereocenters. The summed E-state index contributed by atoms with van der Waals surface area (Å²) in [5, 5.41) is 15.5. The van der Waals surface area contributed by atoms with E-state index < -0.39 is 0 Å². The average Bonchev–Trinajstić information content (AvgIpc) is 3.34. The summed E-state index contributed by atoms with van der Waals surface area (Å²) in [4.78, 5) is 21.2. The number of carbonyl (C=O) groups excluding carboxylic acids is 1. The molecule has 0 spiro atoms. The lowest BCUT2D eigenvalue weighted by Gasteiger charge is -2.25. The van der Waals surface area contributed by atoms with Gasteiger partial charge in [0.15, 0.2) is 5.96 Å². The van der Waals surface area contributed by atoms with Gasteiger partial charge in [-0.25, -0.2) is 0 Å². The summed E-state index contributed by atoms with van der Waals surface area (Å²) in [5.74, 6) is 0.892. The zero-order valence-corrected chi connectivity index (χ0v) is 15.2. The third-order valence-corrected chi connectivity index (χ3v) is 4.86. The maximum absolute atomic E-state index is 12.0. The molecule has 3 N–H and O–H groups in total. The third kappa shape index (κ3) is 4.54. The summed E-state index contributed by atoms with van der Waals surface area (Å²) in [7, 11) is 1.79. The predicted molar refractivity (Wildman–Crippen MR) is 102 cm³/mol. The molecule has 2 aliphatic rings. The minimum absolute atomic E-state index is 0.149. The molecule has 2 heterocycles. The van der Waals surface area contributed by atoms with Crippen LogP contribution in [0, 0.1) is 0 Å². The van der Waals surface area contributed by atoms with Crippen molar-refractivity contribution in [2.24, 2.45) is 4.99 Å². The van der Waals surface area contributed by atoms with Crippen LogP contribution >= 0.6 is 0 Å². The molecule has 0 saturated carbocycles. The van der Waals surface area contributed by atoms with Crippen LogP contribution in [-0.4, -0.2) is 79.1 Å². The molecule has 1 atom stereocenters. The van der Waals surface area contributed by atoms with Gasteiger partial charge in [0.25, 0.3) is 5.91 Å². The van der Waals surface area contributed by atoms with Gasteiger partial charge in [-0.3, -0.25) is 14.7 Å². The number of hydrogen-bond acceptors (Lipinski definition) is 4. The lowest BCUT2D eigenvalue weighted by molar-refractivity contribution is 0.0954. The number of nitrogens with one attached hydrogen (secondary N) is 2. The monoisotopic (exact) mass is 357 g/mol. The molecule has 2 aliphatic heterocycles. The van der Waals surface area contributed by atoms with Crippen molar-refractivity contribution in [2.75, 3.05) is 46.3 Å². The van der Waals surface area contributed by atoms with Gasteiger partial charge in [-0.15, -0.1) is 0 Å². The summed E-state index contributed by atoms with van der Waals surface area (Å²) in [6.07, 6.45) is 5.61. The predicted octanol–water partition coefficient (Wildman–Crippen LogP) is 0.643. The van der Waals surface area contributed by atoms with E-state index in [9.17, 15) is 9.90 Å². The van der Waals surface area contributed by atoms with Crippen molar-refractivity contribution in [3.63, 3.8) is 0 Å². The van der Waals surface area contributed by atoms with Crippen LogP contribution in [0.2, 0.25) is 0 Å². The van der Waals surface area contributed by atoms with Crippen molar-refractivity contribution in [3.8, 4) is 5.75 Å². The molecule has 26 heavy (non-hydrogen) atoms. The van der Waals surface area contributed by atoms with Crippen molar-refractivity contribution in [1.82, 2.24) is 20.4 Å². The minimum Gasteiger partial charge on any atom is -0.508 e. The quantitative estimate of drug-likeness (QED) is 0.312. The molecule has 1 fully saturated rings. The molecule has 0 aromatic heterocycles. The fraction of sp³-hybridized carbons (Fsp3) is 0.474. The van der Waals surface area contributed by atoms with Gasteiger partial charge in [0.1, 0.15) is 5.75 Å². The number of likely N-dealkylation sites (tertiary alicyclic amines) is 1. The Morgan fingerprint density at radius 3 is 2.58 bits per heavy atom. The van der Waals surface area contributed by atoms with Gasteiger partial charge in [0, 0.05) is 57.9 Å². The normalized spacial score (nSPS) is 20.6. The number of amides is 1. The zero-order chi connectivity index (χ0) is 18.4. The first-order chi connectivity index (χ1) is 12.7. The second-order valence-electron chi connectivity index (χ2n) is 6.59. The van der Waals surface area contributed by atoms with E-state index in [0.29, 0.717) is 24.7 Å². The Labute approximate surface area is 154 Å². The van der Waals surface area contributed by atoms with Crippen molar-refractivity contribution in [2.45, 2.75) is 12.5 Å². The van der Waals surface area contributed by atoms with Crippen molar-refractivity contribution < 1.29 is 9.90 Å². The number of hydrogen-bond donors (Lipinski definition) is 3. The first-order valence-electron chi connectivity index (χ1n) is 9.09. The molecule has 0 aliphatic carbocycles. The molecule has 7 nitrogen and oxygen atoms in total. The van der Waals surface area contributed by atoms with Crippen LogP contribution in [0.5, 0.6) is 5.75 Å². The molecule has 1 aromatic rings. The molecular weight excluding hydrogens is 330 g/mol. The zero-order valence-electron chi connectivity index (χ0n) is 15.2. The molecule has 0 bridgehead atoms. The molecule has 3 rings (SSSR count). The van der Waals surface area contributed by atoms with Gasteiger partial charge in [-0.2, -0.15) is 0 Å². The Morgan fingerprint density at radius 2 is 1.88 bits per heavy atom. The van der Waals surface area contributed by atoms with Crippen molar-refractivity contribution in [3.05, 3.63) is 42.0 Å². The second kappa shape index (κ2) is 8.71. The summed E-state index contributed by atoms with van der Waals surface area (Å²) in [6, 6.07) is 6.81. The summed E-state index contributed by atoms with van der Waals surface area (Å²) in [6.45, 7) is 5.21. The molecule has 0 radical (unpaired) electrons. The third-order valence-electron chi connectivity index (χ3n) is 4.86. The lowest BCUT2D eigenvalue weighted by Crippen LogP contribution is -2.45. The van der Waals surface area contributed by atoms with Crippen LogP contribution in [0.4, 0.5) is 0 Å². The van der Waals surface area contributed by atoms with Gasteiger partial charge in [-0.1, -0.05) is 12.2 Å². The number of rotatable bonds is 5. The van der Waals surface area contributed by atoms with E-state index in [1.54, 1.807) is 19.2 Å². The van der Waals surface area contributed by atoms with Crippen LogP contribution in [0.1, 0.15) is 16.8 Å². The van der Waals surface area contributed by atoms with Gasteiger partial charge < -0.3 is 20.6 Å². The van der Waals surface area contributed by atoms with Gasteiger partial charge in [0.2, 0.25) is 0 Å². The Morgan fingerprint density at radius 1 is 1.19 bits per heavy atom. The highest BCUT2D eigenvalue weighted by Gasteiger charge is 2.29. The van der Waals surface area contributed by atoms with Gasteiger partial charge in [-0.05, 0) is 30.7 Å². The lowest BCUT2D eigenvalue weighted by atomic mass is 10.2. The number of phenols is 1. The Balaban J connectivity index is 1.39. The highest BCUT2D eigenvalue weighted by Crippen LogP contribution is 2.17. The first-order valence-corrected chi connectivity index (χ1v) is 9.09. The maximum atomic E-state index is 12.0. The van der Waals surface area contributed by atoms with Crippen LogP contribution in [0.3, 0.4) is 0 Å². The summed E-state index contributed by atoms with van der Waals surface area (Å²) in [5.41, 5.74) is 0.536. The molecule has 7 heteroatoms. The number of benzene rings is 1. The van der Waals surface area contributed by atoms with E-state index in [-0.39, 0.29) is 11.7 Å². The number of phenolic OH excluding ortho intramolecular Hbond substituents is 1. The van der Waals surface area contributed by atoms with Crippen LogP contribution in [0.15, 0.2) is 41.4 Å². The number of nitrogens with zero attached hydrogens (tertiary/aromatic N) is 3. The van der Waals surface area contributed by atoms with Crippen LogP contribution in [0.25, 0.3) is 0 Å².